The molecule has 0 fully saturated rings. The van der Waals surface area contributed by atoms with Crippen LogP contribution in [-0.4, -0.2) is 16.1 Å². The third-order valence-corrected chi connectivity index (χ3v) is 3.05. The fourth-order valence-corrected chi connectivity index (χ4v) is 2.01. The molecule has 0 radical (unpaired) electrons. The Morgan fingerprint density at radius 3 is 2.83 bits per heavy atom. The number of aryl methyl sites for hydroxylation is 2. The number of hydrogen-bond acceptors (Lipinski definition) is 3. The molecule has 18 heavy (non-hydrogen) atoms. The van der Waals surface area contributed by atoms with Gasteiger partial charge in [-0.15, -0.1) is 0 Å². The molecule has 0 bridgehead atoms. The maximum absolute atomic E-state index is 5.73. The second kappa shape index (κ2) is 5.87. The third-order valence-electron chi connectivity index (χ3n) is 3.05. The molecule has 0 saturated heterocycles. The lowest BCUT2D eigenvalue weighted by Crippen LogP contribution is -2.24. The van der Waals surface area contributed by atoms with Crippen molar-refractivity contribution in [3.8, 4) is 0 Å². The van der Waals surface area contributed by atoms with Crippen molar-refractivity contribution >= 4 is 0 Å². The highest BCUT2D eigenvalue weighted by atomic mass is 16.3. The standard InChI is InChI=1S/C14H21N3O/c1-4-7-15-12(13-6-5-11(2)18-13)10-14-16-8-9-17(14)3/h5-6,8-9,12,15H,4,7,10H2,1-3H3. The van der Waals surface area contributed by atoms with Crippen molar-refractivity contribution in [2.75, 3.05) is 6.54 Å². The van der Waals surface area contributed by atoms with Gasteiger partial charge in [-0.05, 0) is 32.0 Å². The topological polar surface area (TPSA) is 43.0 Å². The third kappa shape index (κ3) is 3.01. The van der Waals surface area contributed by atoms with Crippen molar-refractivity contribution in [1.29, 1.82) is 0 Å². The Kier molecular flexibility index (Phi) is 4.20. The van der Waals surface area contributed by atoms with Gasteiger partial charge in [0.2, 0.25) is 0 Å². The Labute approximate surface area is 108 Å². The molecule has 0 spiro atoms. The van der Waals surface area contributed by atoms with Gasteiger partial charge in [-0.25, -0.2) is 4.98 Å². The van der Waals surface area contributed by atoms with E-state index in [2.05, 4.69) is 21.8 Å². The van der Waals surface area contributed by atoms with E-state index < -0.39 is 0 Å². The van der Waals surface area contributed by atoms with E-state index in [4.69, 9.17) is 4.42 Å². The van der Waals surface area contributed by atoms with Gasteiger partial charge in [-0.1, -0.05) is 6.92 Å². The minimum Gasteiger partial charge on any atom is -0.465 e. The number of furan rings is 1. The molecule has 1 unspecified atom stereocenters. The second-order valence-electron chi connectivity index (χ2n) is 4.61. The number of nitrogens with one attached hydrogen (secondary N) is 1. The monoisotopic (exact) mass is 247 g/mol. The summed E-state index contributed by atoms with van der Waals surface area (Å²) in [6.07, 6.45) is 5.76. The zero-order valence-corrected chi connectivity index (χ0v) is 11.3. The molecule has 2 heterocycles. The molecule has 1 atom stereocenters. The van der Waals surface area contributed by atoms with Crippen LogP contribution in [0, 0.1) is 6.92 Å². The maximum atomic E-state index is 5.73. The second-order valence-corrected chi connectivity index (χ2v) is 4.61. The number of aromatic nitrogens is 2. The van der Waals surface area contributed by atoms with Gasteiger partial charge in [-0.3, -0.25) is 0 Å². The first-order valence-corrected chi connectivity index (χ1v) is 6.46. The Balaban J connectivity index is 2.12. The lowest BCUT2D eigenvalue weighted by Gasteiger charge is -2.16. The summed E-state index contributed by atoms with van der Waals surface area (Å²) >= 11 is 0. The summed E-state index contributed by atoms with van der Waals surface area (Å²) in [5, 5.41) is 3.52. The van der Waals surface area contributed by atoms with Crippen LogP contribution in [0.25, 0.3) is 0 Å². The first kappa shape index (κ1) is 12.9. The quantitative estimate of drug-likeness (QED) is 0.853. The molecule has 2 aromatic heterocycles. The summed E-state index contributed by atoms with van der Waals surface area (Å²) in [4.78, 5) is 4.38. The van der Waals surface area contributed by atoms with Crippen molar-refractivity contribution in [3.05, 3.63) is 41.9 Å². The van der Waals surface area contributed by atoms with Crippen molar-refractivity contribution < 1.29 is 4.42 Å². The molecule has 0 aliphatic heterocycles. The molecule has 0 aliphatic rings. The minimum absolute atomic E-state index is 0.194. The van der Waals surface area contributed by atoms with Gasteiger partial charge in [-0.2, -0.15) is 0 Å². The molecular weight excluding hydrogens is 226 g/mol. The fraction of sp³-hybridized carbons (Fsp3) is 0.500. The molecule has 2 aromatic rings. The van der Waals surface area contributed by atoms with Gasteiger partial charge in [0.15, 0.2) is 0 Å². The van der Waals surface area contributed by atoms with Crippen LogP contribution in [0.2, 0.25) is 0 Å². The van der Waals surface area contributed by atoms with Crippen LogP contribution >= 0.6 is 0 Å². The lowest BCUT2D eigenvalue weighted by atomic mass is 10.1. The molecule has 2 rings (SSSR count). The predicted octanol–water partition coefficient (Wildman–Crippen LogP) is 2.60. The smallest absolute Gasteiger partial charge is 0.121 e. The Morgan fingerprint density at radius 2 is 2.28 bits per heavy atom. The fourth-order valence-electron chi connectivity index (χ4n) is 2.01. The summed E-state index contributed by atoms with van der Waals surface area (Å²) in [7, 11) is 2.02. The number of rotatable bonds is 6. The summed E-state index contributed by atoms with van der Waals surface area (Å²) in [6, 6.07) is 4.25. The van der Waals surface area contributed by atoms with Crippen LogP contribution in [0.15, 0.2) is 28.9 Å². The van der Waals surface area contributed by atoms with Crippen LogP contribution in [0.4, 0.5) is 0 Å². The van der Waals surface area contributed by atoms with E-state index in [1.165, 1.54) is 0 Å². The van der Waals surface area contributed by atoms with Gasteiger partial charge < -0.3 is 14.3 Å². The average molecular weight is 247 g/mol. The molecule has 4 heteroatoms. The zero-order chi connectivity index (χ0) is 13.0. The highest BCUT2D eigenvalue weighted by molar-refractivity contribution is 5.12. The number of nitrogens with zero attached hydrogens (tertiary/aromatic N) is 2. The van der Waals surface area contributed by atoms with Crippen LogP contribution in [0.3, 0.4) is 0 Å². The van der Waals surface area contributed by atoms with Crippen molar-refractivity contribution in [2.45, 2.75) is 32.7 Å². The summed E-state index contributed by atoms with van der Waals surface area (Å²) in [5.74, 6) is 3.01. The Hall–Kier alpha value is -1.55. The molecular formula is C14H21N3O. The summed E-state index contributed by atoms with van der Waals surface area (Å²) in [6.45, 7) is 5.12. The molecule has 0 aliphatic carbocycles. The van der Waals surface area contributed by atoms with Gasteiger partial charge in [0.05, 0.1) is 6.04 Å². The van der Waals surface area contributed by atoms with E-state index in [-0.39, 0.29) is 6.04 Å². The van der Waals surface area contributed by atoms with E-state index >= 15 is 0 Å². The maximum Gasteiger partial charge on any atom is 0.121 e. The lowest BCUT2D eigenvalue weighted by molar-refractivity contribution is 0.392. The SMILES string of the molecule is CCCNC(Cc1nccn1C)c1ccc(C)o1. The molecule has 0 saturated carbocycles. The normalized spacial score (nSPS) is 12.8. The Bertz CT molecular complexity index is 487. The molecule has 98 valence electrons. The Morgan fingerprint density at radius 1 is 1.44 bits per heavy atom. The molecule has 4 nitrogen and oxygen atoms in total. The average Bonchev–Trinajstić information content (AvgIpc) is 2.94. The van der Waals surface area contributed by atoms with Crippen LogP contribution in [0.1, 0.15) is 36.7 Å². The van der Waals surface area contributed by atoms with Crippen molar-refractivity contribution in [1.82, 2.24) is 14.9 Å². The first-order valence-electron chi connectivity index (χ1n) is 6.46. The van der Waals surface area contributed by atoms with Gasteiger partial charge in [0.25, 0.3) is 0 Å². The highest BCUT2D eigenvalue weighted by Crippen LogP contribution is 2.20. The summed E-state index contributed by atoms with van der Waals surface area (Å²) < 4.78 is 7.78. The summed E-state index contributed by atoms with van der Waals surface area (Å²) in [5.41, 5.74) is 0. The van der Waals surface area contributed by atoms with Crippen LogP contribution < -0.4 is 5.32 Å². The van der Waals surface area contributed by atoms with Gasteiger partial charge in [0, 0.05) is 25.9 Å². The van der Waals surface area contributed by atoms with Crippen molar-refractivity contribution in [2.24, 2.45) is 7.05 Å². The van der Waals surface area contributed by atoms with Crippen molar-refractivity contribution in [3.63, 3.8) is 0 Å². The van der Waals surface area contributed by atoms with Crippen LogP contribution in [0.5, 0.6) is 0 Å². The number of imidazole rings is 1. The van der Waals surface area contributed by atoms with Gasteiger partial charge >= 0.3 is 0 Å². The molecule has 1 N–H and O–H groups in total. The minimum atomic E-state index is 0.194. The van der Waals surface area contributed by atoms with Gasteiger partial charge in [0.1, 0.15) is 17.3 Å². The van der Waals surface area contributed by atoms with E-state index in [0.29, 0.717) is 0 Å². The predicted molar refractivity (Wildman–Crippen MR) is 71.4 cm³/mol. The molecule has 0 amide bonds. The van der Waals surface area contributed by atoms with E-state index in [1.54, 1.807) is 0 Å². The van der Waals surface area contributed by atoms with E-state index in [9.17, 15) is 0 Å². The molecule has 0 aromatic carbocycles. The van der Waals surface area contributed by atoms with Crippen LogP contribution in [-0.2, 0) is 13.5 Å². The number of hydrogen-bond donors (Lipinski definition) is 1. The zero-order valence-electron chi connectivity index (χ0n) is 11.3. The van der Waals surface area contributed by atoms with E-state index in [1.807, 2.05) is 38.5 Å². The first-order chi connectivity index (χ1) is 8.70. The largest absolute Gasteiger partial charge is 0.465 e. The van der Waals surface area contributed by atoms with E-state index in [0.717, 1.165) is 36.7 Å². The highest BCUT2D eigenvalue weighted by Gasteiger charge is 2.17.